The van der Waals surface area contributed by atoms with Crippen molar-refractivity contribution >= 4 is 0 Å². The van der Waals surface area contributed by atoms with E-state index in [4.69, 9.17) is 4.74 Å². The molecule has 0 saturated carbocycles. The van der Waals surface area contributed by atoms with Crippen LogP contribution in [0.1, 0.15) is 5.56 Å². The van der Waals surface area contributed by atoms with Gasteiger partial charge in [0.05, 0.1) is 7.11 Å². The van der Waals surface area contributed by atoms with Gasteiger partial charge in [0.2, 0.25) is 0 Å². The zero-order valence-electron chi connectivity index (χ0n) is 9.80. The summed E-state index contributed by atoms with van der Waals surface area (Å²) in [4.78, 5) is 2.09. The third kappa shape index (κ3) is 2.92. The minimum Gasteiger partial charge on any atom is -0.494 e. The summed E-state index contributed by atoms with van der Waals surface area (Å²) >= 11 is 0. The molecule has 0 bridgehead atoms. The van der Waals surface area contributed by atoms with Crippen LogP contribution >= 0.6 is 0 Å². The molecule has 0 amide bonds. The van der Waals surface area contributed by atoms with Gasteiger partial charge in [-0.05, 0) is 6.07 Å². The predicted molar refractivity (Wildman–Crippen MR) is 61.1 cm³/mol. The highest BCUT2D eigenvalue weighted by atomic mass is 19.1. The van der Waals surface area contributed by atoms with Crippen molar-refractivity contribution in [2.75, 3.05) is 33.3 Å². The van der Waals surface area contributed by atoms with Gasteiger partial charge in [-0.3, -0.25) is 4.90 Å². The SMILES string of the molecule is COc1cc(F)cc(CN2CCNCC2)c1F. The molecular weight excluding hydrogens is 226 g/mol. The Kier molecular flexibility index (Phi) is 3.91. The van der Waals surface area contributed by atoms with Gasteiger partial charge < -0.3 is 10.1 Å². The first-order valence-electron chi connectivity index (χ1n) is 5.65. The first kappa shape index (κ1) is 12.3. The number of ether oxygens (including phenoxy) is 1. The molecule has 0 atom stereocenters. The van der Waals surface area contributed by atoms with Gasteiger partial charge in [0.15, 0.2) is 11.6 Å². The number of halogens is 2. The molecule has 1 N–H and O–H groups in total. The minimum atomic E-state index is -0.465. The number of benzene rings is 1. The van der Waals surface area contributed by atoms with E-state index in [1.165, 1.54) is 13.2 Å². The standard InChI is InChI=1S/C12H16F2N2O/c1-17-11-7-10(13)6-9(12(11)14)8-16-4-2-15-3-5-16/h6-7,15H,2-5,8H2,1H3. The Morgan fingerprint density at radius 3 is 2.65 bits per heavy atom. The Bertz CT molecular complexity index is 392. The van der Waals surface area contributed by atoms with E-state index in [-0.39, 0.29) is 5.75 Å². The Morgan fingerprint density at radius 1 is 1.29 bits per heavy atom. The lowest BCUT2D eigenvalue weighted by Crippen LogP contribution is -2.43. The summed E-state index contributed by atoms with van der Waals surface area (Å²) in [5, 5.41) is 3.21. The van der Waals surface area contributed by atoms with Crippen molar-refractivity contribution in [2.45, 2.75) is 6.54 Å². The van der Waals surface area contributed by atoms with Crippen LogP contribution in [0, 0.1) is 11.6 Å². The second kappa shape index (κ2) is 5.42. The summed E-state index contributed by atoms with van der Waals surface area (Å²) in [5.41, 5.74) is 0.351. The quantitative estimate of drug-likeness (QED) is 0.866. The van der Waals surface area contributed by atoms with Crippen LogP contribution in [-0.2, 0) is 6.54 Å². The second-order valence-electron chi connectivity index (χ2n) is 4.11. The summed E-state index contributed by atoms with van der Waals surface area (Å²) in [7, 11) is 1.34. The molecule has 1 aliphatic heterocycles. The lowest BCUT2D eigenvalue weighted by Gasteiger charge is -2.27. The molecule has 17 heavy (non-hydrogen) atoms. The molecule has 1 aromatic rings. The molecule has 0 radical (unpaired) electrons. The summed E-state index contributed by atoms with van der Waals surface area (Å²) in [5.74, 6) is -0.962. The van der Waals surface area contributed by atoms with E-state index in [1.54, 1.807) is 0 Å². The third-order valence-electron chi connectivity index (χ3n) is 2.90. The first-order valence-corrected chi connectivity index (χ1v) is 5.65. The molecule has 1 saturated heterocycles. The van der Waals surface area contributed by atoms with Crippen LogP contribution in [0.25, 0.3) is 0 Å². The van der Waals surface area contributed by atoms with Crippen LogP contribution in [0.15, 0.2) is 12.1 Å². The summed E-state index contributed by atoms with van der Waals surface area (Å²) < 4.78 is 32.0. The lowest BCUT2D eigenvalue weighted by atomic mass is 10.1. The zero-order valence-corrected chi connectivity index (χ0v) is 9.80. The van der Waals surface area contributed by atoms with Crippen molar-refractivity contribution in [1.29, 1.82) is 0 Å². The van der Waals surface area contributed by atoms with Crippen LogP contribution in [0.4, 0.5) is 8.78 Å². The Balaban J connectivity index is 2.16. The number of hydrogen-bond donors (Lipinski definition) is 1. The molecule has 1 heterocycles. The molecular formula is C12H16F2N2O. The fraction of sp³-hybridized carbons (Fsp3) is 0.500. The third-order valence-corrected chi connectivity index (χ3v) is 2.90. The summed E-state index contributed by atoms with van der Waals surface area (Å²) in [6, 6.07) is 2.30. The van der Waals surface area contributed by atoms with Crippen LogP contribution in [0.5, 0.6) is 5.75 Å². The van der Waals surface area contributed by atoms with E-state index in [0.29, 0.717) is 12.1 Å². The average Bonchev–Trinajstić information content (AvgIpc) is 2.34. The van der Waals surface area contributed by atoms with Gasteiger partial charge in [0.1, 0.15) is 5.82 Å². The number of methoxy groups -OCH3 is 1. The van der Waals surface area contributed by atoms with Gasteiger partial charge in [-0.25, -0.2) is 8.78 Å². The maximum Gasteiger partial charge on any atom is 0.169 e. The highest BCUT2D eigenvalue weighted by Gasteiger charge is 2.16. The van der Waals surface area contributed by atoms with Crippen molar-refractivity contribution in [3.63, 3.8) is 0 Å². The van der Waals surface area contributed by atoms with Gasteiger partial charge in [-0.15, -0.1) is 0 Å². The van der Waals surface area contributed by atoms with E-state index in [2.05, 4.69) is 10.2 Å². The molecule has 0 aromatic heterocycles. The van der Waals surface area contributed by atoms with E-state index in [0.717, 1.165) is 32.2 Å². The van der Waals surface area contributed by atoms with Crippen LogP contribution < -0.4 is 10.1 Å². The van der Waals surface area contributed by atoms with Crippen molar-refractivity contribution in [3.05, 3.63) is 29.3 Å². The van der Waals surface area contributed by atoms with E-state index >= 15 is 0 Å². The maximum absolute atomic E-state index is 13.9. The maximum atomic E-state index is 13.9. The monoisotopic (exact) mass is 242 g/mol. The molecule has 94 valence electrons. The molecule has 0 spiro atoms. The van der Waals surface area contributed by atoms with Crippen molar-refractivity contribution < 1.29 is 13.5 Å². The van der Waals surface area contributed by atoms with Crippen molar-refractivity contribution in [3.8, 4) is 5.75 Å². The summed E-state index contributed by atoms with van der Waals surface area (Å²) in [6.45, 7) is 3.88. The topological polar surface area (TPSA) is 24.5 Å². The number of piperazine rings is 1. The van der Waals surface area contributed by atoms with Crippen LogP contribution in [-0.4, -0.2) is 38.2 Å². The molecule has 1 fully saturated rings. The molecule has 0 unspecified atom stereocenters. The van der Waals surface area contributed by atoms with Gasteiger partial charge in [-0.2, -0.15) is 0 Å². The van der Waals surface area contributed by atoms with Gasteiger partial charge in [0.25, 0.3) is 0 Å². The highest BCUT2D eigenvalue weighted by Crippen LogP contribution is 2.23. The van der Waals surface area contributed by atoms with E-state index in [9.17, 15) is 8.78 Å². The van der Waals surface area contributed by atoms with Gasteiger partial charge in [-0.1, -0.05) is 0 Å². The van der Waals surface area contributed by atoms with Crippen molar-refractivity contribution in [2.24, 2.45) is 0 Å². The number of hydrogen-bond acceptors (Lipinski definition) is 3. The average molecular weight is 242 g/mol. The Morgan fingerprint density at radius 2 is 2.00 bits per heavy atom. The van der Waals surface area contributed by atoms with Crippen LogP contribution in [0.2, 0.25) is 0 Å². The van der Waals surface area contributed by atoms with Crippen LogP contribution in [0.3, 0.4) is 0 Å². The molecule has 3 nitrogen and oxygen atoms in total. The smallest absolute Gasteiger partial charge is 0.169 e. The van der Waals surface area contributed by atoms with Gasteiger partial charge in [0, 0.05) is 44.4 Å². The number of rotatable bonds is 3. The highest BCUT2D eigenvalue weighted by molar-refractivity contribution is 5.32. The fourth-order valence-corrected chi connectivity index (χ4v) is 1.99. The molecule has 5 heteroatoms. The minimum absolute atomic E-state index is 0.0323. The molecule has 1 aromatic carbocycles. The van der Waals surface area contributed by atoms with Crippen molar-refractivity contribution in [1.82, 2.24) is 10.2 Å². The predicted octanol–water partition coefficient (Wildman–Crippen LogP) is 1.38. The number of nitrogens with one attached hydrogen (secondary N) is 1. The molecule has 1 aliphatic rings. The van der Waals surface area contributed by atoms with E-state index in [1.807, 2.05) is 0 Å². The Labute approximate surface area is 99.4 Å². The number of nitrogens with zero attached hydrogens (tertiary/aromatic N) is 1. The fourth-order valence-electron chi connectivity index (χ4n) is 1.99. The first-order chi connectivity index (χ1) is 8.20. The zero-order chi connectivity index (χ0) is 12.3. The van der Waals surface area contributed by atoms with E-state index < -0.39 is 11.6 Å². The largest absolute Gasteiger partial charge is 0.494 e. The lowest BCUT2D eigenvalue weighted by molar-refractivity contribution is 0.229. The molecule has 2 rings (SSSR count). The normalized spacial score (nSPS) is 17.1. The Hall–Kier alpha value is -1.20. The second-order valence-corrected chi connectivity index (χ2v) is 4.11. The molecule has 0 aliphatic carbocycles. The van der Waals surface area contributed by atoms with Gasteiger partial charge >= 0.3 is 0 Å². The summed E-state index contributed by atoms with van der Waals surface area (Å²) in [6.07, 6.45) is 0.